The van der Waals surface area contributed by atoms with Crippen molar-refractivity contribution in [3.05, 3.63) is 100 Å². The Hall–Kier alpha value is -4.27. The highest BCUT2D eigenvalue weighted by Gasteiger charge is 2.24. The molecule has 2 aliphatic rings. The number of hydrogen-bond donors (Lipinski definition) is 2. The maximum atomic E-state index is 12.9. The Morgan fingerprint density at radius 2 is 1.80 bits per heavy atom. The molecule has 202 valence electrons. The van der Waals surface area contributed by atoms with Crippen molar-refractivity contribution < 1.29 is 9.53 Å². The Balaban J connectivity index is 1.28. The van der Waals surface area contributed by atoms with Crippen molar-refractivity contribution in [2.75, 3.05) is 25.5 Å². The van der Waals surface area contributed by atoms with Gasteiger partial charge in [0.15, 0.2) is 0 Å². The van der Waals surface area contributed by atoms with E-state index in [1.165, 1.54) is 0 Å². The highest BCUT2D eigenvalue weighted by Crippen LogP contribution is 2.35. The number of rotatable bonds is 5. The highest BCUT2D eigenvalue weighted by atomic mass is 35.5. The SMILES string of the molecule is COc1ccccc1C1=NCc2cnc(Nc3ccc(C(=O)N4CCC(N)CC4)cc3)nc2-c2ccc(Cl)cc21. The average Bonchev–Trinajstić information content (AvgIpc) is 3.14. The Kier molecular flexibility index (Phi) is 7.19. The number of benzene rings is 3. The summed E-state index contributed by atoms with van der Waals surface area (Å²) in [5.74, 6) is 1.21. The number of piperidine rings is 1. The van der Waals surface area contributed by atoms with Crippen LogP contribution in [0.5, 0.6) is 5.75 Å². The molecule has 0 unspecified atom stereocenters. The van der Waals surface area contributed by atoms with Gasteiger partial charge in [0.05, 0.1) is 25.1 Å². The minimum absolute atomic E-state index is 0.0286. The van der Waals surface area contributed by atoms with Crippen LogP contribution in [0.1, 0.15) is 39.9 Å². The van der Waals surface area contributed by atoms with Crippen LogP contribution >= 0.6 is 11.6 Å². The quantitative estimate of drug-likeness (QED) is 0.340. The van der Waals surface area contributed by atoms with Gasteiger partial charge in [0, 0.05) is 63.9 Å². The normalized spacial score (nSPS) is 15.0. The molecule has 0 bridgehead atoms. The third kappa shape index (κ3) is 5.15. The van der Waals surface area contributed by atoms with Gasteiger partial charge in [0.2, 0.25) is 5.95 Å². The van der Waals surface area contributed by atoms with Crippen molar-refractivity contribution >= 4 is 34.9 Å². The van der Waals surface area contributed by atoms with Gasteiger partial charge in [0.1, 0.15) is 5.75 Å². The molecule has 3 heterocycles. The first-order valence-corrected chi connectivity index (χ1v) is 13.6. The number of ether oxygens (including phenoxy) is 1. The van der Waals surface area contributed by atoms with Gasteiger partial charge >= 0.3 is 0 Å². The van der Waals surface area contributed by atoms with Crippen LogP contribution in [0.4, 0.5) is 11.6 Å². The Labute approximate surface area is 237 Å². The fourth-order valence-electron chi connectivity index (χ4n) is 5.17. The predicted molar refractivity (Wildman–Crippen MR) is 158 cm³/mol. The average molecular weight is 553 g/mol. The lowest BCUT2D eigenvalue weighted by atomic mass is 9.95. The van der Waals surface area contributed by atoms with Crippen LogP contribution in [0.15, 0.2) is 77.9 Å². The first-order valence-electron chi connectivity index (χ1n) is 13.3. The van der Waals surface area contributed by atoms with Crippen LogP contribution in [0.3, 0.4) is 0 Å². The molecule has 0 saturated carbocycles. The van der Waals surface area contributed by atoms with E-state index in [9.17, 15) is 4.79 Å². The molecule has 40 heavy (non-hydrogen) atoms. The molecule has 0 atom stereocenters. The lowest BCUT2D eigenvalue weighted by Gasteiger charge is -2.30. The summed E-state index contributed by atoms with van der Waals surface area (Å²) in [6.45, 7) is 1.80. The monoisotopic (exact) mass is 552 g/mol. The fourth-order valence-corrected chi connectivity index (χ4v) is 5.34. The summed E-state index contributed by atoms with van der Waals surface area (Å²) in [6.07, 6.45) is 3.47. The van der Waals surface area contributed by atoms with E-state index in [0.717, 1.165) is 57.9 Å². The molecule has 0 aliphatic carbocycles. The number of nitrogens with zero attached hydrogens (tertiary/aromatic N) is 4. The minimum Gasteiger partial charge on any atom is -0.496 e. The Morgan fingerprint density at radius 1 is 1.02 bits per heavy atom. The first kappa shape index (κ1) is 26.0. The number of carbonyl (C=O) groups excluding carboxylic acids is 1. The van der Waals surface area contributed by atoms with E-state index in [0.29, 0.717) is 36.2 Å². The topological polar surface area (TPSA) is 106 Å². The summed E-state index contributed by atoms with van der Waals surface area (Å²) in [4.78, 5) is 29.2. The fraction of sp³-hybridized carbons (Fsp3) is 0.226. The third-order valence-corrected chi connectivity index (χ3v) is 7.58. The molecule has 1 saturated heterocycles. The summed E-state index contributed by atoms with van der Waals surface area (Å²) < 4.78 is 5.63. The zero-order chi connectivity index (χ0) is 27.6. The highest BCUT2D eigenvalue weighted by molar-refractivity contribution is 6.31. The van der Waals surface area contributed by atoms with E-state index in [-0.39, 0.29) is 11.9 Å². The van der Waals surface area contributed by atoms with E-state index < -0.39 is 0 Å². The van der Waals surface area contributed by atoms with Crippen LogP contribution in [-0.4, -0.2) is 52.7 Å². The summed E-state index contributed by atoms with van der Waals surface area (Å²) >= 11 is 6.45. The van der Waals surface area contributed by atoms with Crippen molar-refractivity contribution in [3.8, 4) is 17.0 Å². The van der Waals surface area contributed by atoms with E-state index in [1.807, 2.05) is 71.6 Å². The molecule has 1 fully saturated rings. The van der Waals surface area contributed by atoms with E-state index in [2.05, 4.69) is 10.3 Å². The number of hydrogen-bond acceptors (Lipinski definition) is 7. The molecular formula is C31H29ClN6O2. The summed E-state index contributed by atoms with van der Waals surface area (Å²) in [7, 11) is 1.65. The summed E-state index contributed by atoms with van der Waals surface area (Å²) in [5.41, 5.74) is 12.6. The second kappa shape index (κ2) is 11.1. The van der Waals surface area contributed by atoms with Crippen molar-refractivity contribution in [1.29, 1.82) is 0 Å². The molecule has 0 radical (unpaired) electrons. The van der Waals surface area contributed by atoms with Gasteiger partial charge < -0.3 is 20.7 Å². The van der Waals surface area contributed by atoms with Crippen molar-refractivity contribution in [2.45, 2.75) is 25.4 Å². The van der Waals surface area contributed by atoms with Gasteiger partial charge in [-0.1, -0.05) is 29.8 Å². The lowest BCUT2D eigenvalue weighted by molar-refractivity contribution is 0.0715. The lowest BCUT2D eigenvalue weighted by Crippen LogP contribution is -2.42. The smallest absolute Gasteiger partial charge is 0.253 e. The molecule has 1 amide bonds. The van der Waals surface area contributed by atoms with E-state index in [4.69, 9.17) is 32.0 Å². The predicted octanol–water partition coefficient (Wildman–Crippen LogP) is 5.46. The van der Waals surface area contributed by atoms with Crippen LogP contribution < -0.4 is 15.8 Å². The van der Waals surface area contributed by atoms with Crippen LogP contribution in [0.25, 0.3) is 11.3 Å². The van der Waals surface area contributed by atoms with E-state index >= 15 is 0 Å². The zero-order valence-corrected chi connectivity index (χ0v) is 22.9. The number of likely N-dealkylation sites (tertiary alicyclic amines) is 1. The zero-order valence-electron chi connectivity index (χ0n) is 22.1. The number of carbonyl (C=O) groups is 1. The number of anilines is 2. The number of methoxy groups -OCH3 is 1. The molecule has 1 aromatic heterocycles. The number of para-hydroxylation sites is 1. The number of aromatic nitrogens is 2. The van der Waals surface area contributed by atoms with Gasteiger partial charge in [-0.3, -0.25) is 9.79 Å². The van der Waals surface area contributed by atoms with E-state index in [1.54, 1.807) is 13.3 Å². The van der Waals surface area contributed by atoms with Gasteiger partial charge in [-0.2, -0.15) is 0 Å². The van der Waals surface area contributed by atoms with Crippen molar-refractivity contribution in [2.24, 2.45) is 10.7 Å². The molecule has 6 rings (SSSR count). The summed E-state index contributed by atoms with van der Waals surface area (Å²) in [5, 5.41) is 3.89. The number of fused-ring (bicyclic) bond motifs is 3. The van der Waals surface area contributed by atoms with Gasteiger partial charge in [-0.25, -0.2) is 9.97 Å². The van der Waals surface area contributed by atoms with Gasteiger partial charge in [-0.05, 0) is 61.4 Å². The molecule has 2 aliphatic heterocycles. The second-order valence-electron chi connectivity index (χ2n) is 9.95. The summed E-state index contributed by atoms with van der Waals surface area (Å²) in [6, 6.07) is 21.1. The maximum absolute atomic E-state index is 12.9. The number of nitrogens with one attached hydrogen (secondary N) is 1. The number of nitrogens with two attached hydrogens (primary N) is 1. The number of amides is 1. The molecule has 4 aromatic rings. The number of aliphatic imine (C=N–C) groups is 1. The standard InChI is InChI=1S/C31H29ClN6O2/c1-40-27-5-3-2-4-25(27)29-26-16-21(32)8-11-24(26)28-20(17-34-29)18-35-31(37-28)36-23-9-6-19(7-10-23)30(39)38-14-12-22(33)13-15-38/h2-11,16,18,22H,12-15,17,33H2,1H3,(H,35,36,37). The maximum Gasteiger partial charge on any atom is 0.253 e. The molecule has 3 aromatic carbocycles. The van der Waals surface area contributed by atoms with Crippen LogP contribution in [0.2, 0.25) is 5.02 Å². The minimum atomic E-state index is 0.0286. The Morgan fingerprint density at radius 3 is 2.58 bits per heavy atom. The largest absolute Gasteiger partial charge is 0.496 e. The van der Waals surface area contributed by atoms with Crippen LogP contribution in [-0.2, 0) is 6.54 Å². The molecule has 8 nitrogen and oxygen atoms in total. The van der Waals surface area contributed by atoms with Gasteiger partial charge in [-0.15, -0.1) is 0 Å². The van der Waals surface area contributed by atoms with Crippen molar-refractivity contribution in [3.63, 3.8) is 0 Å². The van der Waals surface area contributed by atoms with Gasteiger partial charge in [0.25, 0.3) is 5.91 Å². The molecule has 9 heteroatoms. The number of halogens is 1. The Bertz CT molecular complexity index is 1600. The molecular weight excluding hydrogens is 524 g/mol. The first-order chi connectivity index (χ1) is 19.5. The third-order valence-electron chi connectivity index (χ3n) is 7.34. The van der Waals surface area contributed by atoms with Crippen LogP contribution in [0, 0.1) is 0 Å². The molecule has 3 N–H and O–H groups in total. The van der Waals surface area contributed by atoms with Crippen molar-refractivity contribution in [1.82, 2.24) is 14.9 Å². The second-order valence-corrected chi connectivity index (χ2v) is 10.4. The molecule has 0 spiro atoms.